The van der Waals surface area contributed by atoms with Crippen LogP contribution in [0.1, 0.15) is 6.92 Å². The molecule has 0 saturated carbocycles. The van der Waals surface area contributed by atoms with Crippen LogP contribution in [0.3, 0.4) is 0 Å². The Labute approximate surface area is 97.6 Å². The van der Waals surface area contributed by atoms with Gasteiger partial charge >= 0.3 is 17.1 Å². The van der Waals surface area contributed by atoms with Crippen LogP contribution in [0.4, 0.5) is 0 Å². The molecule has 0 bridgehead atoms. The number of hydrogen-bond acceptors (Lipinski definition) is 4. The maximum absolute atomic E-state index is 10.8. The zero-order valence-electron chi connectivity index (χ0n) is 7.15. The first-order valence-electron chi connectivity index (χ1n) is 3.18. The maximum Gasteiger partial charge on any atom is 0.366 e. The number of nitrogens with zero attached hydrogens (tertiary/aromatic N) is 4. The van der Waals surface area contributed by atoms with Gasteiger partial charge in [-0.05, 0) is 0 Å². The molecule has 0 aromatic carbocycles. The van der Waals surface area contributed by atoms with Crippen molar-refractivity contribution in [3.63, 3.8) is 0 Å². The number of halogens is 3. The smallest absolute Gasteiger partial charge is 0.244 e. The highest BCUT2D eigenvalue weighted by atomic mass is 35.5. The molecule has 0 aliphatic rings. The van der Waals surface area contributed by atoms with Crippen molar-refractivity contribution in [3.05, 3.63) is 31.5 Å². The molecule has 0 atom stereocenters. The molecule has 1 aromatic rings. The van der Waals surface area contributed by atoms with E-state index in [0.717, 1.165) is 0 Å². The third kappa shape index (κ3) is 2.86. The largest absolute Gasteiger partial charge is 0.366 e. The fourth-order valence-electron chi connectivity index (χ4n) is 0.477. The SMILES string of the molecule is CC#N.O=c1n(Cl)c(=O)n(Cl)c(=O)n1Cl. The second kappa shape index (κ2) is 5.60. The molecule has 0 saturated heterocycles. The topological polar surface area (TPSA) is 89.8 Å². The third-order valence-corrected chi connectivity index (χ3v) is 1.88. The van der Waals surface area contributed by atoms with Crippen LogP contribution < -0.4 is 17.1 Å². The van der Waals surface area contributed by atoms with Gasteiger partial charge in [-0.2, -0.15) is 5.26 Å². The third-order valence-electron chi connectivity index (χ3n) is 1.01. The lowest BCUT2D eigenvalue weighted by Crippen LogP contribution is -2.47. The maximum atomic E-state index is 10.8. The van der Waals surface area contributed by atoms with Crippen molar-refractivity contribution < 1.29 is 0 Å². The van der Waals surface area contributed by atoms with Gasteiger partial charge in [0.1, 0.15) is 0 Å². The molecule has 0 amide bonds. The Morgan fingerprint density at radius 3 is 1.20 bits per heavy atom. The van der Waals surface area contributed by atoms with E-state index in [2.05, 4.69) is 0 Å². The fraction of sp³-hybridized carbons (Fsp3) is 0.200. The first kappa shape index (κ1) is 13.8. The van der Waals surface area contributed by atoms with Gasteiger partial charge in [-0.3, -0.25) is 0 Å². The Bertz CT molecular complexity index is 461. The van der Waals surface area contributed by atoms with Crippen LogP contribution in [0.2, 0.25) is 0 Å². The molecule has 82 valence electrons. The van der Waals surface area contributed by atoms with Gasteiger partial charge in [0, 0.05) is 42.3 Å². The summed E-state index contributed by atoms with van der Waals surface area (Å²) in [5.41, 5.74) is -3.49. The van der Waals surface area contributed by atoms with Crippen LogP contribution in [0, 0.1) is 11.3 Å². The summed E-state index contributed by atoms with van der Waals surface area (Å²) < 4.78 is 0.254. The molecule has 0 aliphatic heterocycles. The predicted molar refractivity (Wildman–Crippen MR) is 54.3 cm³/mol. The quantitative estimate of drug-likeness (QED) is 0.649. The van der Waals surface area contributed by atoms with Gasteiger partial charge in [0.25, 0.3) is 0 Å². The lowest BCUT2D eigenvalue weighted by Gasteiger charge is -1.96. The minimum atomic E-state index is -1.16. The predicted octanol–water partition coefficient (Wildman–Crippen LogP) is -0.293. The van der Waals surface area contributed by atoms with E-state index < -0.39 is 17.1 Å². The monoisotopic (exact) mass is 272 g/mol. The van der Waals surface area contributed by atoms with E-state index in [-0.39, 0.29) is 12.3 Å². The zero-order chi connectivity index (χ0) is 12.2. The molecule has 0 aliphatic carbocycles. The Balaban J connectivity index is 0.000000583. The highest BCUT2D eigenvalue weighted by Crippen LogP contribution is 1.78. The molecular weight excluding hydrogens is 270 g/mol. The van der Waals surface area contributed by atoms with Crippen LogP contribution in [-0.4, -0.2) is 12.3 Å². The molecule has 1 rings (SSSR count). The van der Waals surface area contributed by atoms with E-state index in [9.17, 15) is 14.4 Å². The van der Waals surface area contributed by atoms with Crippen molar-refractivity contribution in [2.75, 3.05) is 0 Å². The molecule has 10 heteroatoms. The summed E-state index contributed by atoms with van der Waals surface area (Å²) in [5.74, 6) is 0. The lowest BCUT2D eigenvalue weighted by molar-refractivity contribution is 0.770. The Morgan fingerprint density at radius 1 is 0.933 bits per heavy atom. The highest BCUT2D eigenvalue weighted by Gasteiger charge is 2.10. The van der Waals surface area contributed by atoms with E-state index in [0.29, 0.717) is 0 Å². The van der Waals surface area contributed by atoms with Crippen LogP contribution in [0.15, 0.2) is 14.4 Å². The molecule has 7 nitrogen and oxygen atoms in total. The normalized spacial score (nSPS) is 8.73. The molecule has 1 heterocycles. The number of rotatable bonds is 0. The van der Waals surface area contributed by atoms with Gasteiger partial charge in [0.15, 0.2) is 0 Å². The molecule has 0 radical (unpaired) electrons. The molecular formula is C5H3Cl3N4O3. The zero-order valence-corrected chi connectivity index (χ0v) is 9.42. The van der Waals surface area contributed by atoms with Crippen molar-refractivity contribution in [1.29, 1.82) is 5.26 Å². The van der Waals surface area contributed by atoms with Crippen molar-refractivity contribution in [2.24, 2.45) is 0 Å². The summed E-state index contributed by atoms with van der Waals surface area (Å²) in [6.45, 7) is 1.43. The average molecular weight is 273 g/mol. The van der Waals surface area contributed by atoms with Crippen LogP contribution in [0.5, 0.6) is 0 Å². The van der Waals surface area contributed by atoms with Crippen molar-refractivity contribution in [1.82, 2.24) is 12.3 Å². The summed E-state index contributed by atoms with van der Waals surface area (Å²) >= 11 is 15.3. The summed E-state index contributed by atoms with van der Waals surface area (Å²) in [4.78, 5) is 32.3. The van der Waals surface area contributed by atoms with E-state index in [4.69, 9.17) is 40.6 Å². The standard InChI is InChI=1S/C3Cl3N3O3.C2H3N/c4-7-1(10)8(5)3(12)9(6)2(7)11;1-2-3/h;1H3. The minimum absolute atomic E-state index is 0.0847. The molecule has 1 aromatic heterocycles. The van der Waals surface area contributed by atoms with Gasteiger partial charge in [0.05, 0.1) is 6.07 Å². The number of hydrogen-bond donors (Lipinski definition) is 0. The van der Waals surface area contributed by atoms with Gasteiger partial charge < -0.3 is 0 Å². The molecule has 0 N–H and O–H groups in total. The van der Waals surface area contributed by atoms with Crippen molar-refractivity contribution in [3.8, 4) is 6.07 Å². The second-order valence-electron chi connectivity index (χ2n) is 1.91. The molecule has 0 fully saturated rings. The molecule has 0 unspecified atom stereocenters. The van der Waals surface area contributed by atoms with E-state index in [1.54, 1.807) is 6.07 Å². The summed E-state index contributed by atoms with van der Waals surface area (Å²) in [7, 11) is 0. The number of aromatic nitrogens is 3. The minimum Gasteiger partial charge on any atom is -0.244 e. The summed E-state index contributed by atoms with van der Waals surface area (Å²) in [6.07, 6.45) is 0. The summed E-state index contributed by atoms with van der Waals surface area (Å²) in [6, 6.07) is 1.75. The van der Waals surface area contributed by atoms with Crippen molar-refractivity contribution >= 4 is 35.3 Å². The Kier molecular flexibility index (Phi) is 5.14. The highest BCUT2D eigenvalue weighted by molar-refractivity contribution is 6.19. The summed E-state index contributed by atoms with van der Waals surface area (Å²) in [5, 5.41) is 7.32. The van der Waals surface area contributed by atoms with Crippen molar-refractivity contribution in [2.45, 2.75) is 6.92 Å². The first-order chi connectivity index (χ1) is 6.88. The van der Waals surface area contributed by atoms with Crippen LogP contribution >= 0.6 is 35.3 Å². The first-order valence-corrected chi connectivity index (χ1v) is 4.20. The average Bonchev–Trinajstić information content (AvgIpc) is 2.22. The molecule has 0 spiro atoms. The van der Waals surface area contributed by atoms with E-state index in [1.165, 1.54) is 6.92 Å². The van der Waals surface area contributed by atoms with Gasteiger partial charge in [0.2, 0.25) is 0 Å². The van der Waals surface area contributed by atoms with Crippen LogP contribution in [-0.2, 0) is 0 Å². The Hall–Kier alpha value is -1.23. The van der Waals surface area contributed by atoms with E-state index >= 15 is 0 Å². The van der Waals surface area contributed by atoms with Gasteiger partial charge in [-0.25, -0.2) is 14.4 Å². The lowest BCUT2D eigenvalue weighted by atomic mass is 11.0. The molecule has 15 heavy (non-hydrogen) atoms. The fourth-order valence-corrected chi connectivity index (χ4v) is 1.05. The second-order valence-corrected chi connectivity index (χ2v) is 2.93. The Morgan fingerprint density at radius 2 is 1.07 bits per heavy atom. The van der Waals surface area contributed by atoms with Gasteiger partial charge in [-0.1, -0.05) is 0 Å². The van der Waals surface area contributed by atoms with Gasteiger partial charge in [-0.15, -0.1) is 12.3 Å². The van der Waals surface area contributed by atoms with E-state index in [1.807, 2.05) is 0 Å². The van der Waals surface area contributed by atoms with Crippen LogP contribution in [0.25, 0.3) is 0 Å². The number of nitriles is 1.